The summed E-state index contributed by atoms with van der Waals surface area (Å²) in [6.07, 6.45) is 9.08. The minimum Gasteiger partial charge on any atom is -0.453 e. The van der Waals surface area contributed by atoms with E-state index in [4.69, 9.17) is 9.26 Å². The lowest BCUT2D eigenvalue weighted by Crippen LogP contribution is -2.27. The summed E-state index contributed by atoms with van der Waals surface area (Å²) in [6, 6.07) is 43.9. The largest absolute Gasteiger partial charge is 0.453 e. The normalized spacial score (nSPS) is 13.6. The predicted octanol–water partition coefficient (Wildman–Crippen LogP) is 17.8. The molecule has 69 heavy (non-hydrogen) atoms. The second kappa shape index (κ2) is 17.1. The van der Waals surface area contributed by atoms with Crippen LogP contribution in [-0.4, -0.2) is 24.0 Å². The average Bonchev–Trinajstić information content (AvgIpc) is 4.05. The molecule has 6 nitrogen and oxygen atoms in total. The Labute approximate surface area is 411 Å². The Morgan fingerprint density at radius 3 is 1.20 bits per heavy atom. The van der Waals surface area contributed by atoms with Gasteiger partial charge in [-0.3, -0.25) is 8.68 Å². The van der Waals surface area contributed by atoms with Crippen LogP contribution in [0.25, 0.3) is 43.6 Å². The number of rotatable bonds is 6. The third-order valence-electron chi connectivity index (χ3n) is 14.4. The molecule has 1 aliphatic rings. The van der Waals surface area contributed by atoms with E-state index in [2.05, 4.69) is 260 Å². The van der Waals surface area contributed by atoms with Crippen LogP contribution in [0.4, 0.5) is 0 Å². The predicted molar refractivity (Wildman–Crippen MR) is 296 cm³/mol. The molecule has 11 rings (SSSR count). The van der Waals surface area contributed by atoms with Gasteiger partial charge in [0.25, 0.3) is 0 Å². The number of para-hydroxylation sites is 4. The number of aromatic nitrogens is 4. The number of hydrogen-bond donors (Lipinski definition) is 0. The van der Waals surface area contributed by atoms with Crippen LogP contribution in [0.1, 0.15) is 105 Å². The van der Waals surface area contributed by atoms with Gasteiger partial charge in [0.15, 0.2) is 11.5 Å². The monoisotopic (exact) mass is 948 g/mol. The minimum absolute atomic E-state index is 0.0306. The van der Waals surface area contributed by atoms with E-state index in [-0.39, 0.29) is 16.2 Å². The molecule has 0 N–H and O–H groups in total. The quantitative estimate of drug-likeness (QED) is 0.156. The van der Waals surface area contributed by atoms with Crippen molar-refractivity contribution in [2.45, 2.75) is 106 Å². The van der Waals surface area contributed by atoms with Crippen molar-refractivity contribution in [3.05, 3.63) is 196 Å². The standard InChI is InChI=1S/C42H47N2O2P.C19H19N2P/c1-26-20-29(40(4,5)6)21-33-38(26)45-39-34(42(33,10)11)22-30(41(7,8)9)23-37(39)46-47(43-24-27(2)31-16-12-14-18-35(31)43)44-25-28(3)32-17-13-15-19-36(32)44;1-14-12-20(18-10-6-4-8-16(14)18)22(3)21-13-15(2)17-9-5-7-11-19(17)21/h12-25H,1-11H3;4-13H,1-3H3. The van der Waals surface area contributed by atoms with Crippen molar-refractivity contribution in [1.82, 2.24) is 17.4 Å². The van der Waals surface area contributed by atoms with Gasteiger partial charge < -0.3 is 17.9 Å². The number of hydrogen-bond acceptors (Lipinski definition) is 2. The maximum atomic E-state index is 7.46. The Morgan fingerprint density at radius 2 is 0.797 bits per heavy atom. The van der Waals surface area contributed by atoms with Gasteiger partial charge in [0.05, 0.1) is 22.1 Å². The van der Waals surface area contributed by atoms with Gasteiger partial charge in [-0.15, -0.1) is 0 Å². The van der Waals surface area contributed by atoms with E-state index in [0.29, 0.717) is 0 Å². The van der Waals surface area contributed by atoms with E-state index in [1.165, 1.54) is 71.5 Å². The van der Waals surface area contributed by atoms with Gasteiger partial charge in [-0.2, -0.15) is 0 Å². The minimum atomic E-state index is -1.42. The molecule has 8 heteroatoms. The van der Waals surface area contributed by atoms with Crippen molar-refractivity contribution in [2.75, 3.05) is 6.66 Å². The van der Waals surface area contributed by atoms with Crippen LogP contribution in [0, 0.1) is 34.6 Å². The van der Waals surface area contributed by atoms with Crippen molar-refractivity contribution < 1.29 is 9.26 Å². The van der Waals surface area contributed by atoms with Crippen molar-refractivity contribution in [3.8, 4) is 17.2 Å². The molecule has 6 aromatic carbocycles. The summed E-state index contributed by atoms with van der Waals surface area (Å²) >= 11 is 0. The van der Waals surface area contributed by atoms with E-state index < -0.39 is 16.7 Å². The van der Waals surface area contributed by atoms with Crippen molar-refractivity contribution in [3.63, 3.8) is 0 Å². The fourth-order valence-corrected chi connectivity index (χ4v) is 14.0. The smallest absolute Gasteiger partial charge is 0.318 e. The van der Waals surface area contributed by atoms with Gasteiger partial charge in [0, 0.05) is 62.9 Å². The Bertz CT molecular complexity index is 3440. The van der Waals surface area contributed by atoms with Crippen LogP contribution in [0.5, 0.6) is 17.2 Å². The van der Waals surface area contributed by atoms with Gasteiger partial charge in [-0.25, -0.2) is 0 Å². The first-order valence-electron chi connectivity index (χ1n) is 24.2. The molecule has 0 atom stereocenters. The molecule has 0 bridgehead atoms. The number of fused-ring (bicyclic) bond motifs is 6. The lowest BCUT2D eigenvalue weighted by Gasteiger charge is -2.39. The van der Waals surface area contributed by atoms with Crippen LogP contribution in [-0.2, 0) is 16.2 Å². The van der Waals surface area contributed by atoms with Crippen molar-refractivity contribution >= 4 is 60.3 Å². The summed E-state index contributed by atoms with van der Waals surface area (Å²) in [6.45, 7) is 31.6. The van der Waals surface area contributed by atoms with Crippen LogP contribution < -0.4 is 9.26 Å². The van der Waals surface area contributed by atoms with Crippen LogP contribution >= 0.6 is 16.7 Å². The first-order chi connectivity index (χ1) is 32.7. The number of ether oxygens (including phenoxy) is 1. The summed E-state index contributed by atoms with van der Waals surface area (Å²) in [7, 11) is -1.92. The molecule has 0 aliphatic carbocycles. The van der Waals surface area contributed by atoms with Crippen LogP contribution in [0.15, 0.2) is 146 Å². The van der Waals surface area contributed by atoms with Gasteiger partial charge in [0.2, 0.25) is 0 Å². The molecule has 0 saturated carbocycles. The lowest BCUT2D eigenvalue weighted by molar-refractivity contribution is 0.394. The SMILES string of the molecule is Cc1cc(C(C)(C)C)cc2c1Oc1c(OP(n3cc(C)c4ccccc43)n3cc(C)c4ccccc43)cc(C(C)(C)C)cc1C2(C)C.Cc1cn(P(C)n2cc(C)c3ccccc32)c2ccccc12. The molecule has 352 valence electrons. The maximum absolute atomic E-state index is 7.46. The zero-order valence-electron chi connectivity index (χ0n) is 42.9. The Hall–Kier alpha value is -6.06. The first kappa shape index (κ1) is 46.7. The van der Waals surface area contributed by atoms with E-state index in [9.17, 15) is 0 Å². The molecule has 0 fully saturated rings. The summed E-state index contributed by atoms with van der Waals surface area (Å²) < 4.78 is 24.0. The molecule has 0 spiro atoms. The van der Waals surface area contributed by atoms with Crippen LogP contribution in [0.3, 0.4) is 0 Å². The lowest BCUT2D eigenvalue weighted by atomic mass is 9.71. The first-order valence-corrected chi connectivity index (χ1v) is 27.1. The van der Waals surface area contributed by atoms with Gasteiger partial charge in [-0.05, 0) is 121 Å². The Balaban J connectivity index is 0.000000209. The summed E-state index contributed by atoms with van der Waals surface area (Å²) in [5.41, 5.74) is 15.8. The van der Waals surface area contributed by atoms with E-state index in [0.717, 1.165) is 39.4 Å². The molecule has 0 unspecified atom stereocenters. The van der Waals surface area contributed by atoms with E-state index in [1.807, 2.05) is 0 Å². The van der Waals surface area contributed by atoms with Crippen LogP contribution in [0.2, 0.25) is 0 Å². The second-order valence-electron chi connectivity index (χ2n) is 21.8. The fraction of sp³-hybridized carbons (Fsp3) is 0.279. The summed E-state index contributed by atoms with van der Waals surface area (Å²) in [4.78, 5) is 0. The zero-order chi connectivity index (χ0) is 48.9. The maximum Gasteiger partial charge on any atom is 0.318 e. The summed E-state index contributed by atoms with van der Waals surface area (Å²) in [5.74, 6) is 2.54. The highest BCUT2D eigenvalue weighted by atomic mass is 31.2. The molecule has 5 heterocycles. The van der Waals surface area contributed by atoms with Gasteiger partial charge >= 0.3 is 8.45 Å². The molecular formula is C61H66N4O2P2. The molecule has 0 amide bonds. The number of benzene rings is 6. The highest BCUT2D eigenvalue weighted by Gasteiger charge is 2.40. The second-order valence-corrected chi connectivity index (χ2v) is 25.2. The van der Waals surface area contributed by atoms with Gasteiger partial charge in [0.1, 0.15) is 14.0 Å². The van der Waals surface area contributed by atoms with Gasteiger partial charge in [-0.1, -0.05) is 146 Å². The van der Waals surface area contributed by atoms with Crippen molar-refractivity contribution in [2.24, 2.45) is 0 Å². The van der Waals surface area contributed by atoms with E-state index >= 15 is 0 Å². The molecular weight excluding hydrogens is 883 g/mol. The Kier molecular flexibility index (Phi) is 11.6. The third-order valence-corrected chi connectivity index (χ3v) is 18.0. The fourth-order valence-electron chi connectivity index (χ4n) is 10.2. The Morgan fingerprint density at radius 1 is 0.449 bits per heavy atom. The molecule has 4 aromatic heterocycles. The highest BCUT2D eigenvalue weighted by molar-refractivity contribution is 7.54. The van der Waals surface area contributed by atoms with Crippen molar-refractivity contribution in [1.29, 1.82) is 0 Å². The zero-order valence-corrected chi connectivity index (χ0v) is 44.6. The molecule has 0 saturated heterocycles. The topological polar surface area (TPSA) is 38.2 Å². The molecule has 10 aromatic rings. The molecule has 0 radical (unpaired) electrons. The average molecular weight is 949 g/mol. The summed E-state index contributed by atoms with van der Waals surface area (Å²) in [5, 5.41) is 5.17. The third kappa shape index (κ3) is 8.08. The highest BCUT2D eigenvalue weighted by Crippen LogP contribution is 2.58. The molecule has 1 aliphatic heterocycles. The number of aryl methyl sites for hydroxylation is 5. The number of nitrogens with zero attached hydrogens (tertiary/aromatic N) is 4. The van der Waals surface area contributed by atoms with E-state index in [1.54, 1.807) is 0 Å².